The van der Waals surface area contributed by atoms with Gasteiger partial charge in [0.15, 0.2) is 0 Å². The number of nitrogens with one attached hydrogen (secondary N) is 8. The predicted molar refractivity (Wildman–Crippen MR) is 283 cm³/mol. The summed E-state index contributed by atoms with van der Waals surface area (Å²) in [5, 5.41) is 40.2. The lowest BCUT2D eigenvalue weighted by atomic mass is 9.99. The van der Waals surface area contributed by atoms with Crippen molar-refractivity contribution in [2.24, 2.45) is 35.1 Å². The Morgan fingerprint density at radius 1 is 0.514 bits per heavy atom. The first-order valence-electron chi connectivity index (χ1n) is 25.6. The number of hydrogen-bond donors (Lipinski definition) is 12. The molecule has 418 valence electrons. The largest absolute Gasteiger partial charge is 0.481 e. The number of carboxylic acids is 2. The molecule has 0 fully saturated rings. The highest BCUT2D eigenvalue weighted by molar-refractivity contribution is 7.98. The molecule has 1 rings (SSSR count). The Labute approximate surface area is 440 Å². The van der Waals surface area contributed by atoms with Gasteiger partial charge in [0.05, 0.1) is 12.6 Å². The average Bonchev–Trinajstić information content (AvgIpc) is 3.31. The highest BCUT2D eigenvalue weighted by atomic mass is 32.2. The highest BCUT2D eigenvalue weighted by Crippen LogP contribution is 2.13. The van der Waals surface area contributed by atoms with Gasteiger partial charge >= 0.3 is 11.9 Å². The second kappa shape index (κ2) is 35.4. The number of unbranched alkanes of at least 4 members (excludes halogenated alkanes) is 1. The summed E-state index contributed by atoms with van der Waals surface area (Å²) in [6.07, 6.45) is 2.79. The Balaban J connectivity index is 3.41. The third-order valence-electron chi connectivity index (χ3n) is 11.5. The minimum absolute atomic E-state index is 0.0692. The van der Waals surface area contributed by atoms with E-state index in [-0.39, 0.29) is 62.2 Å². The summed E-state index contributed by atoms with van der Waals surface area (Å²) in [5.41, 5.74) is 12.4. The van der Waals surface area contributed by atoms with Crippen molar-refractivity contribution in [2.45, 2.75) is 174 Å². The molecule has 0 aliphatic rings. The number of aliphatic carboxylic acids is 2. The van der Waals surface area contributed by atoms with Crippen LogP contribution in [0, 0.1) is 23.7 Å². The molecule has 74 heavy (non-hydrogen) atoms. The van der Waals surface area contributed by atoms with E-state index in [0.29, 0.717) is 37.1 Å². The van der Waals surface area contributed by atoms with Crippen LogP contribution in [0.3, 0.4) is 0 Å². The molecular weight excluding hydrogens is 977 g/mol. The Hall–Kier alpha value is -5.81. The Bertz CT molecular complexity index is 1980. The zero-order chi connectivity index (χ0) is 56.1. The van der Waals surface area contributed by atoms with E-state index < -0.39 is 127 Å². The summed E-state index contributed by atoms with van der Waals surface area (Å²) in [4.78, 5) is 133. The second-order valence-corrected chi connectivity index (χ2v) is 21.3. The van der Waals surface area contributed by atoms with Crippen LogP contribution in [0.15, 0.2) is 30.3 Å². The van der Waals surface area contributed by atoms with Gasteiger partial charge in [-0.2, -0.15) is 11.8 Å². The maximum absolute atomic E-state index is 14.3. The standard InChI is InChI=1S/C51H86N10O12S/c1-29(2)23-34(53)44(65)56-37(20-22-74-9)48(69)58-38(24-30(3)4)45(66)54-28-42(62)55-36(18-19-43(63)64)47(68)60-40(27-33-15-11-10-12-16-33)50(71)59-39(25-31(5)6)49(70)57-35(17-13-14-21-52)46(67)61-41(51(72)73)26-32(7)8/h10-12,15-16,29-32,34-41H,13-14,17-28,52-53H2,1-9H3,(H,54,66)(H,55,62)(H,56,65)(H,57,70)(H,58,69)(H,59,71)(H,60,68)(H,61,67)(H,63,64)(H,72,73)/t34-,35-,36-,37-,38-,39-,40-,41-/m0/s1. The number of thioether (sulfide) groups is 1. The van der Waals surface area contributed by atoms with Crippen LogP contribution >= 0.6 is 11.8 Å². The molecular formula is C51H86N10O12S. The molecule has 23 heteroatoms. The molecule has 0 aliphatic carbocycles. The van der Waals surface area contributed by atoms with Crippen molar-refractivity contribution >= 4 is 71.0 Å². The zero-order valence-electron chi connectivity index (χ0n) is 44.8. The molecule has 1 aromatic carbocycles. The van der Waals surface area contributed by atoms with Crippen molar-refractivity contribution in [3.63, 3.8) is 0 Å². The number of nitrogens with two attached hydrogens (primary N) is 2. The fourth-order valence-electron chi connectivity index (χ4n) is 7.75. The van der Waals surface area contributed by atoms with Crippen molar-refractivity contribution in [3.05, 3.63) is 35.9 Å². The molecule has 1 aromatic rings. The summed E-state index contributed by atoms with van der Waals surface area (Å²) in [6, 6.07) is -1.03. The lowest BCUT2D eigenvalue weighted by Crippen LogP contribution is -2.59. The molecule has 0 unspecified atom stereocenters. The second-order valence-electron chi connectivity index (χ2n) is 20.4. The van der Waals surface area contributed by atoms with Gasteiger partial charge in [-0.1, -0.05) is 85.7 Å². The number of benzene rings is 1. The van der Waals surface area contributed by atoms with Gasteiger partial charge < -0.3 is 64.2 Å². The zero-order valence-corrected chi connectivity index (χ0v) is 45.6. The molecule has 0 aliphatic heterocycles. The van der Waals surface area contributed by atoms with E-state index in [2.05, 4.69) is 42.5 Å². The van der Waals surface area contributed by atoms with E-state index in [9.17, 15) is 58.2 Å². The lowest BCUT2D eigenvalue weighted by molar-refractivity contribution is -0.143. The molecule has 8 amide bonds. The normalized spacial score (nSPS) is 14.6. The SMILES string of the molecule is CSCC[C@H](NC(=O)[C@@H](N)CC(C)C)C(=O)N[C@@H](CC(C)C)C(=O)NCC(=O)N[C@@H](CCC(=O)O)C(=O)N[C@@H](Cc1ccccc1)C(=O)N[C@@H](CC(C)C)C(=O)N[C@@H](CCCCN)C(=O)N[C@@H](CC(C)C)C(=O)O. The van der Waals surface area contributed by atoms with Gasteiger partial charge in [-0.05, 0) is 106 Å². The fraction of sp³-hybridized carbons (Fsp3) is 0.686. The molecule has 0 spiro atoms. The number of hydrogen-bond acceptors (Lipinski definition) is 13. The van der Waals surface area contributed by atoms with Gasteiger partial charge in [0.25, 0.3) is 0 Å². The number of carbonyl (C=O) groups excluding carboxylic acids is 8. The van der Waals surface area contributed by atoms with Crippen LogP contribution in [0.1, 0.15) is 125 Å². The lowest BCUT2D eigenvalue weighted by Gasteiger charge is -2.28. The number of carboxylic acid groups (broad SMARTS) is 2. The van der Waals surface area contributed by atoms with E-state index >= 15 is 0 Å². The minimum Gasteiger partial charge on any atom is -0.481 e. The molecule has 8 atom stereocenters. The van der Waals surface area contributed by atoms with E-state index in [1.807, 2.05) is 34.0 Å². The predicted octanol–water partition coefficient (Wildman–Crippen LogP) is 1.08. The van der Waals surface area contributed by atoms with Gasteiger partial charge in [0, 0.05) is 12.8 Å². The summed E-state index contributed by atoms with van der Waals surface area (Å²) in [7, 11) is 0. The first kappa shape index (κ1) is 66.2. The van der Waals surface area contributed by atoms with Crippen LogP contribution in [0.5, 0.6) is 0 Å². The maximum Gasteiger partial charge on any atom is 0.326 e. The van der Waals surface area contributed by atoms with Crippen LogP contribution in [0.4, 0.5) is 0 Å². The van der Waals surface area contributed by atoms with E-state index in [1.165, 1.54) is 11.8 Å². The van der Waals surface area contributed by atoms with Crippen molar-refractivity contribution in [1.29, 1.82) is 0 Å². The topological polar surface area (TPSA) is 359 Å². The molecule has 0 bridgehead atoms. The number of amides is 8. The van der Waals surface area contributed by atoms with E-state index in [0.717, 1.165) is 0 Å². The maximum atomic E-state index is 14.3. The summed E-state index contributed by atoms with van der Waals surface area (Å²) in [6.45, 7) is 14.3. The van der Waals surface area contributed by atoms with Crippen molar-refractivity contribution < 1.29 is 58.2 Å². The van der Waals surface area contributed by atoms with Crippen molar-refractivity contribution in [2.75, 3.05) is 25.1 Å². The average molecular weight is 1060 g/mol. The Kier molecular flexibility index (Phi) is 31.7. The molecule has 14 N–H and O–H groups in total. The van der Waals surface area contributed by atoms with Gasteiger partial charge in [0.2, 0.25) is 47.3 Å². The fourth-order valence-corrected chi connectivity index (χ4v) is 8.22. The van der Waals surface area contributed by atoms with Gasteiger partial charge in [-0.15, -0.1) is 0 Å². The molecule has 0 saturated heterocycles. The number of carbonyl (C=O) groups is 10. The monoisotopic (exact) mass is 1060 g/mol. The molecule has 0 aromatic heterocycles. The summed E-state index contributed by atoms with van der Waals surface area (Å²) in [5.74, 6) is -8.25. The number of rotatable bonds is 37. The molecule has 0 radical (unpaired) electrons. The smallest absolute Gasteiger partial charge is 0.326 e. The quantitative estimate of drug-likeness (QED) is 0.0415. The van der Waals surface area contributed by atoms with Crippen molar-refractivity contribution in [1.82, 2.24) is 42.5 Å². The van der Waals surface area contributed by atoms with Crippen molar-refractivity contribution in [3.8, 4) is 0 Å². The van der Waals surface area contributed by atoms with Crippen LogP contribution in [-0.4, -0.2) is 143 Å². The van der Waals surface area contributed by atoms with E-state index in [4.69, 9.17) is 11.5 Å². The Morgan fingerprint density at radius 3 is 1.45 bits per heavy atom. The minimum atomic E-state index is -1.54. The molecule has 22 nitrogen and oxygen atoms in total. The van der Waals surface area contributed by atoms with Crippen LogP contribution in [0.25, 0.3) is 0 Å². The summed E-state index contributed by atoms with van der Waals surface area (Å²) >= 11 is 1.46. The Morgan fingerprint density at radius 2 is 0.946 bits per heavy atom. The summed E-state index contributed by atoms with van der Waals surface area (Å²) < 4.78 is 0. The highest BCUT2D eigenvalue weighted by Gasteiger charge is 2.34. The molecule has 0 heterocycles. The van der Waals surface area contributed by atoms with Crippen LogP contribution in [-0.2, 0) is 54.4 Å². The van der Waals surface area contributed by atoms with Crippen LogP contribution < -0.4 is 54.0 Å². The third kappa shape index (κ3) is 27.5. The third-order valence-corrected chi connectivity index (χ3v) is 12.2. The van der Waals surface area contributed by atoms with Gasteiger partial charge in [-0.3, -0.25) is 43.2 Å². The first-order valence-corrected chi connectivity index (χ1v) is 27.0. The van der Waals surface area contributed by atoms with E-state index in [1.54, 1.807) is 58.0 Å². The van der Waals surface area contributed by atoms with Gasteiger partial charge in [0.1, 0.15) is 42.3 Å². The van der Waals surface area contributed by atoms with Gasteiger partial charge in [-0.25, -0.2) is 4.79 Å². The molecule has 0 saturated carbocycles. The first-order chi connectivity index (χ1) is 34.8. The van der Waals surface area contributed by atoms with Crippen LogP contribution in [0.2, 0.25) is 0 Å².